The summed E-state index contributed by atoms with van der Waals surface area (Å²) in [5, 5.41) is 12.1. The number of nitrogens with one attached hydrogen (secondary N) is 1. The van der Waals surface area contributed by atoms with Gasteiger partial charge in [0.2, 0.25) is 0 Å². The molecule has 0 unspecified atom stereocenters. The smallest absolute Gasteiger partial charge is 0.335 e. The molecule has 0 spiro atoms. The van der Waals surface area contributed by atoms with E-state index in [0.29, 0.717) is 27.0 Å². The molecule has 0 saturated heterocycles. The third-order valence-electron chi connectivity index (χ3n) is 3.38. The van der Waals surface area contributed by atoms with Crippen molar-refractivity contribution in [3.05, 3.63) is 69.8 Å². The summed E-state index contributed by atoms with van der Waals surface area (Å²) < 4.78 is 21.9. The summed E-state index contributed by atoms with van der Waals surface area (Å²) in [4.78, 5) is 15.4. The first-order valence-electron chi connectivity index (χ1n) is 7.63. The molecule has 0 bridgehead atoms. The molecule has 0 saturated carbocycles. The van der Waals surface area contributed by atoms with Crippen molar-refractivity contribution in [1.82, 2.24) is 4.98 Å². The van der Waals surface area contributed by atoms with E-state index in [1.807, 2.05) is 5.38 Å². The highest BCUT2D eigenvalue weighted by molar-refractivity contribution is 8.00. The average molecular weight is 400 g/mol. The normalized spacial score (nSPS) is 10.0. The third kappa shape index (κ3) is 4.78. The Morgan fingerprint density at radius 1 is 1.30 bits per heavy atom. The van der Waals surface area contributed by atoms with E-state index in [1.54, 1.807) is 24.3 Å². The van der Waals surface area contributed by atoms with Crippen LogP contribution < -0.4 is 9.46 Å². The molecule has 0 aliphatic heterocycles. The molecule has 8 heteroatoms. The maximum Gasteiger partial charge on any atom is 0.335 e. The fraction of sp³-hybridized carbons (Fsp3) is 0.0526. The van der Waals surface area contributed by atoms with Gasteiger partial charge in [-0.15, -0.1) is 11.3 Å². The number of halogens is 1. The fourth-order valence-electron chi connectivity index (χ4n) is 2.06. The second kappa shape index (κ2) is 8.58. The molecule has 2 N–H and O–H groups in total. The number of rotatable bonds is 5. The lowest BCUT2D eigenvalue weighted by Crippen LogP contribution is -1.99. The minimum absolute atomic E-state index is 0.141. The van der Waals surface area contributed by atoms with Gasteiger partial charge in [0.05, 0.1) is 23.9 Å². The first-order valence-corrected chi connectivity index (χ1v) is 9.32. The SMILES string of the molecule is COc1cc(C(=O)O)ccc1NSc1csc(C#Cc2ccccc2F)n1. The highest BCUT2D eigenvalue weighted by Crippen LogP contribution is 2.30. The second-order valence-corrected chi connectivity index (χ2v) is 6.83. The Labute approximate surface area is 163 Å². The topological polar surface area (TPSA) is 71.5 Å². The molecule has 0 aliphatic rings. The minimum Gasteiger partial charge on any atom is -0.495 e. The van der Waals surface area contributed by atoms with Gasteiger partial charge in [-0.25, -0.2) is 14.2 Å². The predicted octanol–water partition coefficient (Wildman–Crippen LogP) is 4.51. The summed E-state index contributed by atoms with van der Waals surface area (Å²) in [7, 11) is 1.47. The van der Waals surface area contributed by atoms with Gasteiger partial charge < -0.3 is 14.6 Å². The summed E-state index contributed by atoms with van der Waals surface area (Å²) in [6.45, 7) is 0. The number of ether oxygens (including phenoxy) is 1. The van der Waals surface area contributed by atoms with Gasteiger partial charge in [0, 0.05) is 17.3 Å². The van der Waals surface area contributed by atoms with E-state index >= 15 is 0 Å². The van der Waals surface area contributed by atoms with Crippen LogP contribution >= 0.6 is 23.3 Å². The third-order valence-corrected chi connectivity index (χ3v) is 5.02. The Kier molecular flexibility index (Phi) is 5.96. The summed E-state index contributed by atoms with van der Waals surface area (Å²) in [6, 6.07) is 10.9. The van der Waals surface area contributed by atoms with Crippen LogP contribution in [0.3, 0.4) is 0 Å². The Morgan fingerprint density at radius 3 is 2.85 bits per heavy atom. The maximum absolute atomic E-state index is 13.6. The van der Waals surface area contributed by atoms with Crippen LogP contribution in [0.1, 0.15) is 20.9 Å². The summed E-state index contributed by atoms with van der Waals surface area (Å²) in [6.07, 6.45) is 0. The largest absolute Gasteiger partial charge is 0.495 e. The van der Waals surface area contributed by atoms with Crippen LogP contribution in [0.4, 0.5) is 10.1 Å². The molecule has 5 nitrogen and oxygen atoms in total. The van der Waals surface area contributed by atoms with Gasteiger partial charge in [-0.05, 0) is 36.3 Å². The van der Waals surface area contributed by atoms with Crippen LogP contribution in [0.25, 0.3) is 0 Å². The molecule has 136 valence electrons. The molecule has 0 amide bonds. The first kappa shape index (κ1) is 18.8. The number of carboxylic acid groups (broad SMARTS) is 1. The van der Waals surface area contributed by atoms with E-state index in [2.05, 4.69) is 21.5 Å². The van der Waals surface area contributed by atoms with Crippen molar-refractivity contribution in [2.24, 2.45) is 0 Å². The Balaban J connectivity index is 1.69. The van der Waals surface area contributed by atoms with Gasteiger partial charge in [-0.1, -0.05) is 18.1 Å². The molecule has 27 heavy (non-hydrogen) atoms. The molecule has 1 aromatic heterocycles. The van der Waals surface area contributed by atoms with Crippen molar-refractivity contribution in [3.8, 4) is 17.6 Å². The standard InChI is InChI=1S/C19H13FN2O3S2/c1-25-16-10-13(19(23)24)6-8-15(16)22-27-18-11-26-17(21-18)9-7-12-4-2-3-5-14(12)20/h2-6,8,10-11,22H,1H3,(H,23,24). The molecule has 1 heterocycles. The van der Waals surface area contributed by atoms with E-state index in [-0.39, 0.29) is 11.4 Å². The van der Waals surface area contributed by atoms with Gasteiger partial charge in [0.15, 0.2) is 5.01 Å². The number of aromatic carboxylic acids is 1. The molecular weight excluding hydrogens is 387 g/mol. The van der Waals surface area contributed by atoms with Crippen LogP contribution in [-0.2, 0) is 0 Å². The average Bonchev–Trinajstić information content (AvgIpc) is 3.13. The quantitative estimate of drug-likeness (QED) is 0.485. The first-order chi connectivity index (χ1) is 13.1. The second-order valence-electron chi connectivity index (χ2n) is 5.15. The number of benzene rings is 2. The Bertz CT molecular complexity index is 1040. The molecule has 2 aromatic carbocycles. The summed E-state index contributed by atoms with van der Waals surface area (Å²) in [5.74, 6) is 4.64. The molecule has 0 atom stereocenters. The lowest BCUT2D eigenvalue weighted by atomic mass is 10.2. The Morgan fingerprint density at radius 2 is 2.11 bits per heavy atom. The number of hydrogen-bond donors (Lipinski definition) is 2. The van der Waals surface area contributed by atoms with Crippen LogP contribution in [0.5, 0.6) is 5.75 Å². The zero-order chi connectivity index (χ0) is 19.2. The van der Waals surface area contributed by atoms with Crippen molar-refractivity contribution < 1.29 is 19.0 Å². The molecule has 3 rings (SSSR count). The summed E-state index contributed by atoms with van der Waals surface area (Å²) >= 11 is 2.59. The van der Waals surface area contributed by atoms with Crippen molar-refractivity contribution in [3.63, 3.8) is 0 Å². The predicted molar refractivity (Wildman–Crippen MR) is 104 cm³/mol. The van der Waals surface area contributed by atoms with Crippen LogP contribution in [0, 0.1) is 17.7 Å². The van der Waals surface area contributed by atoms with Crippen LogP contribution in [-0.4, -0.2) is 23.2 Å². The van der Waals surface area contributed by atoms with Crippen molar-refractivity contribution in [2.75, 3.05) is 11.8 Å². The molecule has 3 aromatic rings. The number of nitrogens with zero attached hydrogens (tertiary/aromatic N) is 1. The van der Waals surface area contributed by atoms with E-state index in [0.717, 1.165) is 0 Å². The van der Waals surface area contributed by atoms with Gasteiger partial charge in [0.1, 0.15) is 16.6 Å². The van der Waals surface area contributed by atoms with Gasteiger partial charge in [0.25, 0.3) is 0 Å². The van der Waals surface area contributed by atoms with Crippen molar-refractivity contribution >= 4 is 34.9 Å². The van der Waals surface area contributed by atoms with E-state index in [4.69, 9.17) is 9.84 Å². The van der Waals surface area contributed by atoms with Crippen molar-refractivity contribution in [2.45, 2.75) is 5.03 Å². The zero-order valence-electron chi connectivity index (χ0n) is 14.0. The van der Waals surface area contributed by atoms with E-state index < -0.39 is 5.97 Å². The summed E-state index contributed by atoms with van der Waals surface area (Å²) in [5.41, 5.74) is 1.09. The molecule has 0 aliphatic carbocycles. The van der Waals surface area contributed by atoms with Crippen LogP contribution in [0.2, 0.25) is 0 Å². The van der Waals surface area contributed by atoms with Gasteiger partial charge in [-0.3, -0.25) is 0 Å². The molecule has 0 radical (unpaired) electrons. The number of aromatic nitrogens is 1. The number of carbonyl (C=O) groups is 1. The fourth-order valence-corrected chi connectivity index (χ4v) is 3.50. The number of methoxy groups -OCH3 is 1. The van der Waals surface area contributed by atoms with Crippen molar-refractivity contribution in [1.29, 1.82) is 0 Å². The molecule has 0 fully saturated rings. The van der Waals surface area contributed by atoms with Gasteiger partial charge >= 0.3 is 5.97 Å². The highest BCUT2D eigenvalue weighted by Gasteiger charge is 2.10. The lowest BCUT2D eigenvalue weighted by molar-refractivity contribution is 0.0696. The van der Waals surface area contributed by atoms with E-state index in [9.17, 15) is 9.18 Å². The lowest BCUT2D eigenvalue weighted by Gasteiger charge is -2.10. The van der Waals surface area contributed by atoms with Gasteiger partial charge in [-0.2, -0.15) is 0 Å². The number of carboxylic acids is 1. The minimum atomic E-state index is -1.02. The highest BCUT2D eigenvalue weighted by atomic mass is 32.2. The van der Waals surface area contributed by atoms with E-state index in [1.165, 1.54) is 48.6 Å². The number of anilines is 1. The van der Waals surface area contributed by atoms with Crippen LogP contribution in [0.15, 0.2) is 52.9 Å². The maximum atomic E-state index is 13.6. The number of hydrogen-bond acceptors (Lipinski definition) is 6. The monoisotopic (exact) mass is 400 g/mol. The molecular formula is C19H13FN2O3S2. The Hall–Kier alpha value is -3.02. The zero-order valence-corrected chi connectivity index (χ0v) is 15.7. The number of thiazole rings is 1.